The molecule has 0 saturated carbocycles. The van der Waals surface area contributed by atoms with E-state index < -0.39 is 5.60 Å². The molecule has 0 unspecified atom stereocenters. The van der Waals surface area contributed by atoms with Crippen LogP contribution in [0.1, 0.15) is 44.9 Å². The third-order valence-electron chi connectivity index (χ3n) is 5.52. The Labute approximate surface area is 217 Å². The third-order valence-corrected chi connectivity index (χ3v) is 5.52. The standard InChI is InChI=1S/C28H31N5O4/c1-28(2,3)37-27(34)33-16-6-8-22(33)19-31-25-26(36-24-13-11-23(35-4)12-14-24)32-21(18-30-25)10-9-20-7-5-15-29-17-20/h5,7,11-15,17-18,22H,6,8,16,19H2,1-4H3,(H,30,31)/t22-/m0/s1. The molecule has 4 rings (SSSR count). The van der Waals surface area contributed by atoms with Gasteiger partial charge in [-0.3, -0.25) is 4.98 Å². The van der Waals surface area contributed by atoms with Crippen molar-refractivity contribution in [1.82, 2.24) is 19.9 Å². The average Bonchev–Trinajstić information content (AvgIpc) is 3.36. The topological polar surface area (TPSA) is 98.7 Å². The van der Waals surface area contributed by atoms with Gasteiger partial charge < -0.3 is 24.4 Å². The molecule has 0 aliphatic carbocycles. The summed E-state index contributed by atoms with van der Waals surface area (Å²) in [5.41, 5.74) is 0.677. The van der Waals surface area contributed by atoms with Crippen molar-refractivity contribution in [1.29, 1.82) is 0 Å². The zero-order valence-corrected chi connectivity index (χ0v) is 21.5. The highest BCUT2D eigenvalue weighted by molar-refractivity contribution is 5.69. The maximum atomic E-state index is 12.7. The van der Waals surface area contributed by atoms with Gasteiger partial charge in [0.2, 0.25) is 0 Å². The maximum Gasteiger partial charge on any atom is 0.410 e. The molecule has 9 nitrogen and oxygen atoms in total. The largest absolute Gasteiger partial charge is 0.497 e. The van der Waals surface area contributed by atoms with Crippen LogP contribution in [-0.2, 0) is 4.74 Å². The number of benzene rings is 1. The summed E-state index contributed by atoms with van der Waals surface area (Å²) in [5, 5.41) is 3.32. The van der Waals surface area contributed by atoms with Crippen LogP contribution in [0.25, 0.3) is 0 Å². The van der Waals surface area contributed by atoms with Crippen molar-refractivity contribution >= 4 is 11.9 Å². The number of likely N-dealkylation sites (tertiary alicyclic amines) is 1. The second-order valence-corrected chi connectivity index (χ2v) is 9.53. The molecule has 0 radical (unpaired) electrons. The summed E-state index contributed by atoms with van der Waals surface area (Å²) in [4.78, 5) is 27.6. The number of nitrogens with zero attached hydrogens (tertiary/aromatic N) is 4. The van der Waals surface area contributed by atoms with E-state index in [4.69, 9.17) is 14.2 Å². The highest BCUT2D eigenvalue weighted by atomic mass is 16.6. The van der Waals surface area contributed by atoms with E-state index in [1.807, 2.05) is 32.9 Å². The average molecular weight is 502 g/mol. The first-order valence-electron chi connectivity index (χ1n) is 12.2. The SMILES string of the molecule is COc1ccc(Oc2nc(C#Cc3cccnc3)cnc2NC[C@@H]2CCCN2C(=O)OC(C)(C)C)cc1. The molecule has 3 aromatic rings. The molecule has 2 aromatic heterocycles. The van der Waals surface area contributed by atoms with Gasteiger partial charge in [0.25, 0.3) is 5.88 Å². The van der Waals surface area contributed by atoms with Crippen LogP contribution in [0.4, 0.5) is 10.6 Å². The highest BCUT2D eigenvalue weighted by Crippen LogP contribution is 2.28. The molecule has 3 heterocycles. The van der Waals surface area contributed by atoms with Crippen molar-refractivity contribution in [2.45, 2.75) is 45.3 Å². The molecule has 1 atom stereocenters. The van der Waals surface area contributed by atoms with E-state index in [0.29, 0.717) is 30.4 Å². The molecule has 37 heavy (non-hydrogen) atoms. The molecule has 1 aliphatic rings. The molecule has 9 heteroatoms. The lowest BCUT2D eigenvalue weighted by molar-refractivity contribution is 0.0235. The van der Waals surface area contributed by atoms with Gasteiger partial charge >= 0.3 is 6.09 Å². The van der Waals surface area contributed by atoms with Gasteiger partial charge in [0.1, 0.15) is 22.8 Å². The zero-order valence-electron chi connectivity index (χ0n) is 21.5. The number of hydrogen-bond acceptors (Lipinski definition) is 8. The fraction of sp³-hybridized carbons (Fsp3) is 0.357. The van der Waals surface area contributed by atoms with Gasteiger partial charge in [-0.1, -0.05) is 5.92 Å². The number of rotatable bonds is 6. The van der Waals surface area contributed by atoms with Crippen molar-refractivity contribution in [3.05, 3.63) is 66.2 Å². The number of hydrogen-bond donors (Lipinski definition) is 1. The summed E-state index contributed by atoms with van der Waals surface area (Å²) in [5.74, 6) is 8.08. The smallest absolute Gasteiger partial charge is 0.410 e. The quantitative estimate of drug-likeness (QED) is 0.477. The van der Waals surface area contributed by atoms with Crippen LogP contribution in [0.15, 0.2) is 55.0 Å². The van der Waals surface area contributed by atoms with Crippen LogP contribution in [0.3, 0.4) is 0 Å². The van der Waals surface area contributed by atoms with E-state index in [1.54, 1.807) is 54.9 Å². The Bertz CT molecular complexity index is 1260. The molecule has 192 valence electrons. The van der Waals surface area contributed by atoms with E-state index in [0.717, 1.165) is 24.2 Å². The second-order valence-electron chi connectivity index (χ2n) is 9.53. The van der Waals surface area contributed by atoms with Crippen molar-refractivity contribution in [3.63, 3.8) is 0 Å². The lowest BCUT2D eigenvalue weighted by Crippen LogP contribution is -2.42. The van der Waals surface area contributed by atoms with E-state index >= 15 is 0 Å². The number of anilines is 1. The van der Waals surface area contributed by atoms with Crippen molar-refractivity contribution in [2.24, 2.45) is 0 Å². The molecular formula is C28H31N5O4. The number of methoxy groups -OCH3 is 1. The number of carbonyl (C=O) groups is 1. The van der Waals surface area contributed by atoms with Crippen molar-refractivity contribution in [2.75, 3.05) is 25.5 Å². The minimum Gasteiger partial charge on any atom is -0.497 e. The molecule has 0 spiro atoms. The van der Waals surface area contributed by atoms with Crippen LogP contribution in [0.5, 0.6) is 17.4 Å². The number of ether oxygens (including phenoxy) is 3. The second kappa shape index (κ2) is 11.6. The van der Waals surface area contributed by atoms with E-state index in [9.17, 15) is 4.79 Å². The number of amides is 1. The van der Waals surface area contributed by atoms with Gasteiger partial charge in [-0.05, 0) is 75.9 Å². The normalized spacial score (nSPS) is 14.9. The lowest BCUT2D eigenvalue weighted by Gasteiger charge is -2.28. The maximum absolute atomic E-state index is 12.7. The fourth-order valence-corrected chi connectivity index (χ4v) is 3.78. The number of carbonyl (C=O) groups excluding carboxylic acids is 1. The summed E-state index contributed by atoms with van der Waals surface area (Å²) in [6.07, 6.45) is 6.44. The van der Waals surface area contributed by atoms with Gasteiger partial charge in [-0.2, -0.15) is 4.98 Å². The van der Waals surface area contributed by atoms with Crippen LogP contribution < -0.4 is 14.8 Å². The molecule has 1 fully saturated rings. The third kappa shape index (κ3) is 7.34. The van der Waals surface area contributed by atoms with E-state index in [2.05, 4.69) is 32.1 Å². The molecule has 1 N–H and O–H groups in total. The lowest BCUT2D eigenvalue weighted by atomic mass is 10.2. The van der Waals surface area contributed by atoms with Crippen LogP contribution in [-0.4, -0.2) is 57.8 Å². The Morgan fingerprint density at radius 1 is 1.14 bits per heavy atom. The van der Waals surface area contributed by atoms with E-state index in [-0.39, 0.29) is 18.0 Å². The number of aromatic nitrogens is 3. The predicted molar refractivity (Wildman–Crippen MR) is 140 cm³/mol. The van der Waals surface area contributed by atoms with Gasteiger partial charge in [0.05, 0.1) is 19.3 Å². The summed E-state index contributed by atoms with van der Waals surface area (Å²) in [6.45, 7) is 6.74. The molecular weight excluding hydrogens is 470 g/mol. The first kappa shape index (κ1) is 25.8. The number of pyridine rings is 1. The Kier molecular flexibility index (Phi) is 8.08. The highest BCUT2D eigenvalue weighted by Gasteiger charge is 2.32. The van der Waals surface area contributed by atoms with Crippen molar-refractivity contribution < 1.29 is 19.0 Å². The summed E-state index contributed by atoms with van der Waals surface area (Å²) in [7, 11) is 1.61. The zero-order chi connectivity index (χ0) is 26.3. The molecule has 1 amide bonds. The number of nitrogens with one attached hydrogen (secondary N) is 1. The Morgan fingerprint density at radius 3 is 2.62 bits per heavy atom. The molecule has 1 saturated heterocycles. The fourth-order valence-electron chi connectivity index (χ4n) is 3.78. The minimum atomic E-state index is -0.546. The van der Waals surface area contributed by atoms with Crippen LogP contribution in [0.2, 0.25) is 0 Å². The van der Waals surface area contributed by atoms with E-state index in [1.165, 1.54) is 0 Å². The Balaban J connectivity index is 1.53. The minimum absolute atomic E-state index is 0.0319. The van der Waals surface area contributed by atoms with Crippen molar-refractivity contribution in [3.8, 4) is 29.2 Å². The van der Waals surface area contributed by atoms with Gasteiger partial charge in [0.15, 0.2) is 5.82 Å². The first-order valence-corrected chi connectivity index (χ1v) is 12.2. The molecule has 1 aromatic carbocycles. The molecule has 0 bridgehead atoms. The Hall–Kier alpha value is -4.32. The predicted octanol–water partition coefficient (Wildman–Crippen LogP) is 4.88. The summed E-state index contributed by atoms with van der Waals surface area (Å²) in [6, 6.07) is 10.9. The molecule has 1 aliphatic heterocycles. The van der Waals surface area contributed by atoms with Crippen LogP contribution >= 0.6 is 0 Å². The van der Waals surface area contributed by atoms with Crippen LogP contribution in [0, 0.1) is 11.8 Å². The van der Waals surface area contributed by atoms with Gasteiger partial charge in [-0.25, -0.2) is 9.78 Å². The monoisotopic (exact) mass is 501 g/mol. The summed E-state index contributed by atoms with van der Waals surface area (Å²) < 4.78 is 16.9. The first-order chi connectivity index (χ1) is 17.8. The van der Waals surface area contributed by atoms with Gasteiger partial charge in [-0.15, -0.1) is 0 Å². The van der Waals surface area contributed by atoms with Gasteiger partial charge in [0, 0.05) is 31.0 Å². The Morgan fingerprint density at radius 2 is 1.92 bits per heavy atom. The summed E-state index contributed by atoms with van der Waals surface area (Å²) >= 11 is 0.